The molecule has 2 aromatic carbocycles. The van der Waals surface area contributed by atoms with Crippen molar-refractivity contribution in [3.8, 4) is 22.8 Å². The van der Waals surface area contributed by atoms with Gasteiger partial charge in [-0.25, -0.2) is 9.97 Å². The number of aromatic nitrogens is 3. The van der Waals surface area contributed by atoms with Crippen molar-refractivity contribution in [1.82, 2.24) is 24.2 Å². The van der Waals surface area contributed by atoms with E-state index in [1.807, 2.05) is 46.8 Å². The molecular formula is C28H32N6O3. The summed E-state index contributed by atoms with van der Waals surface area (Å²) in [6.07, 6.45) is 5.67. The maximum atomic E-state index is 11.6. The van der Waals surface area contributed by atoms with Gasteiger partial charge >= 0.3 is 0 Å². The molecule has 1 amide bonds. The number of rotatable bonds is 8. The van der Waals surface area contributed by atoms with Crippen molar-refractivity contribution in [3.63, 3.8) is 0 Å². The SMILES string of the molecule is CCOc1ccc(Nc2nc(-c3ccc(CN4CCN(C(C)=O)CC4)cc3)cn3ccnc23)cc1OC. The van der Waals surface area contributed by atoms with Gasteiger partial charge in [0, 0.05) is 75.6 Å². The zero-order valence-corrected chi connectivity index (χ0v) is 21.5. The van der Waals surface area contributed by atoms with Crippen LogP contribution in [0.3, 0.4) is 0 Å². The molecule has 0 unspecified atom stereocenters. The van der Waals surface area contributed by atoms with Crippen molar-refractivity contribution < 1.29 is 14.3 Å². The Bertz CT molecular complexity index is 1380. The summed E-state index contributed by atoms with van der Waals surface area (Å²) in [6.45, 7) is 8.38. The Morgan fingerprint density at radius 3 is 2.54 bits per heavy atom. The van der Waals surface area contributed by atoms with Gasteiger partial charge in [0.25, 0.3) is 0 Å². The van der Waals surface area contributed by atoms with Crippen LogP contribution < -0.4 is 14.8 Å². The molecule has 2 aromatic heterocycles. The Labute approximate surface area is 216 Å². The lowest BCUT2D eigenvalue weighted by molar-refractivity contribution is -0.130. The summed E-state index contributed by atoms with van der Waals surface area (Å²) in [4.78, 5) is 25.3. The van der Waals surface area contributed by atoms with Crippen molar-refractivity contribution in [3.05, 3.63) is 66.6 Å². The number of anilines is 2. The van der Waals surface area contributed by atoms with Crippen molar-refractivity contribution in [1.29, 1.82) is 0 Å². The van der Waals surface area contributed by atoms with E-state index in [-0.39, 0.29) is 5.91 Å². The first-order chi connectivity index (χ1) is 18.0. The van der Waals surface area contributed by atoms with Crippen LogP contribution in [0.15, 0.2) is 61.1 Å². The molecule has 1 aliphatic rings. The number of amides is 1. The quantitative estimate of drug-likeness (QED) is 0.388. The number of hydrogen-bond donors (Lipinski definition) is 1. The molecule has 0 radical (unpaired) electrons. The van der Waals surface area contributed by atoms with Crippen molar-refractivity contribution in [2.45, 2.75) is 20.4 Å². The van der Waals surface area contributed by atoms with Crippen molar-refractivity contribution in [2.75, 3.05) is 45.2 Å². The minimum Gasteiger partial charge on any atom is -0.493 e. The second-order valence-electron chi connectivity index (χ2n) is 9.04. The minimum absolute atomic E-state index is 0.155. The molecule has 1 aliphatic heterocycles. The summed E-state index contributed by atoms with van der Waals surface area (Å²) in [7, 11) is 1.63. The number of fused-ring (bicyclic) bond motifs is 1. The molecule has 5 rings (SSSR count). The number of hydrogen-bond acceptors (Lipinski definition) is 7. The molecule has 0 aliphatic carbocycles. The van der Waals surface area contributed by atoms with Crippen LogP contribution in [0.1, 0.15) is 19.4 Å². The highest BCUT2D eigenvalue weighted by Crippen LogP contribution is 2.32. The third-order valence-corrected chi connectivity index (χ3v) is 6.57. The summed E-state index contributed by atoms with van der Waals surface area (Å²) >= 11 is 0. The molecule has 0 spiro atoms. The Morgan fingerprint density at radius 2 is 1.84 bits per heavy atom. The molecule has 192 valence electrons. The second kappa shape index (κ2) is 10.9. The fraction of sp³-hybridized carbons (Fsp3) is 0.321. The molecule has 1 N–H and O–H groups in total. The summed E-state index contributed by atoms with van der Waals surface area (Å²) < 4.78 is 13.1. The molecule has 0 atom stereocenters. The monoisotopic (exact) mass is 500 g/mol. The highest BCUT2D eigenvalue weighted by atomic mass is 16.5. The molecule has 0 bridgehead atoms. The van der Waals surface area contributed by atoms with Crippen LogP contribution in [0.5, 0.6) is 11.5 Å². The number of carbonyl (C=O) groups is 1. The van der Waals surface area contributed by atoms with Crippen molar-refractivity contribution in [2.24, 2.45) is 0 Å². The van der Waals surface area contributed by atoms with Crippen LogP contribution >= 0.6 is 0 Å². The highest BCUT2D eigenvalue weighted by Gasteiger charge is 2.18. The average molecular weight is 501 g/mol. The van der Waals surface area contributed by atoms with E-state index in [2.05, 4.69) is 39.5 Å². The summed E-state index contributed by atoms with van der Waals surface area (Å²) in [5.41, 5.74) is 4.66. The highest BCUT2D eigenvalue weighted by molar-refractivity contribution is 5.75. The van der Waals surface area contributed by atoms with Crippen LogP contribution in [-0.2, 0) is 11.3 Å². The van der Waals surface area contributed by atoms with E-state index in [1.54, 1.807) is 20.2 Å². The van der Waals surface area contributed by atoms with Crippen LogP contribution in [0, 0.1) is 0 Å². The Hall–Kier alpha value is -4.11. The van der Waals surface area contributed by atoms with Crippen LogP contribution in [0.2, 0.25) is 0 Å². The van der Waals surface area contributed by atoms with Gasteiger partial charge in [0.1, 0.15) is 0 Å². The Morgan fingerprint density at radius 1 is 1.05 bits per heavy atom. The van der Waals surface area contributed by atoms with E-state index < -0.39 is 0 Å². The molecule has 1 fully saturated rings. The zero-order chi connectivity index (χ0) is 25.8. The normalized spacial score (nSPS) is 14.1. The first-order valence-corrected chi connectivity index (χ1v) is 12.5. The number of imidazole rings is 1. The number of carbonyl (C=O) groups excluding carboxylic acids is 1. The standard InChI is InChI=1S/C28H32N6O3/c1-4-37-25-10-9-23(17-26(25)36-3)30-27-28-29-11-12-34(28)19-24(31-27)22-7-5-21(6-8-22)18-32-13-15-33(16-14-32)20(2)35/h5-12,17,19H,4,13-16,18H2,1-3H3,(H,30,31). The third-order valence-electron chi connectivity index (χ3n) is 6.57. The van der Waals surface area contributed by atoms with Gasteiger partial charge < -0.3 is 24.1 Å². The zero-order valence-electron chi connectivity index (χ0n) is 21.5. The second-order valence-corrected chi connectivity index (χ2v) is 9.04. The van der Waals surface area contributed by atoms with Gasteiger partial charge in [-0.15, -0.1) is 0 Å². The fourth-order valence-corrected chi connectivity index (χ4v) is 4.57. The maximum Gasteiger partial charge on any atom is 0.219 e. The van der Waals surface area contributed by atoms with Gasteiger partial charge in [0.2, 0.25) is 5.91 Å². The molecule has 1 saturated heterocycles. The van der Waals surface area contributed by atoms with Gasteiger partial charge in [-0.3, -0.25) is 9.69 Å². The van der Waals surface area contributed by atoms with E-state index in [1.165, 1.54) is 5.56 Å². The lowest BCUT2D eigenvalue weighted by Gasteiger charge is -2.34. The largest absolute Gasteiger partial charge is 0.493 e. The van der Waals surface area contributed by atoms with Gasteiger partial charge in [0.15, 0.2) is 23.0 Å². The van der Waals surface area contributed by atoms with E-state index in [4.69, 9.17) is 14.5 Å². The predicted octanol–water partition coefficient (Wildman–Crippen LogP) is 4.21. The Kier molecular flexibility index (Phi) is 7.23. The summed E-state index contributed by atoms with van der Waals surface area (Å²) in [5.74, 6) is 2.16. The smallest absolute Gasteiger partial charge is 0.219 e. The number of ether oxygens (including phenoxy) is 2. The van der Waals surface area contributed by atoms with Gasteiger partial charge in [-0.05, 0) is 24.6 Å². The maximum absolute atomic E-state index is 11.6. The Balaban J connectivity index is 1.34. The van der Waals surface area contributed by atoms with Gasteiger partial charge in [-0.1, -0.05) is 24.3 Å². The predicted molar refractivity (Wildman–Crippen MR) is 143 cm³/mol. The molecule has 37 heavy (non-hydrogen) atoms. The number of benzene rings is 2. The van der Waals surface area contributed by atoms with Crippen molar-refractivity contribution >= 4 is 23.1 Å². The lowest BCUT2D eigenvalue weighted by Crippen LogP contribution is -2.47. The number of nitrogens with zero attached hydrogens (tertiary/aromatic N) is 5. The molecule has 9 nitrogen and oxygen atoms in total. The van der Waals surface area contributed by atoms with Crippen LogP contribution in [0.4, 0.5) is 11.5 Å². The fourth-order valence-electron chi connectivity index (χ4n) is 4.57. The first-order valence-electron chi connectivity index (χ1n) is 12.5. The molecule has 4 aromatic rings. The van der Waals surface area contributed by atoms with Crippen LogP contribution in [0.25, 0.3) is 16.9 Å². The molecule has 0 saturated carbocycles. The van der Waals surface area contributed by atoms with Gasteiger partial charge in [-0.2, -0.15) is 0 Å². The number of nitrogens with one attached hydrogen (secondary N) is 1. The number of methoxy groups -OCH3 is 1. The molecular weight excluding hydrogens is 468 g/mol. The summed E-state index contributed by atoms with van der Waals surface area (Å²) in [5, 5.41) is 3.40. The molecule has 3 heterocycles. The van der Waals surface area contributed by atoms with Crippen LogP contribution in [-0.4, -0.2) is 70.0 Å². The van der Waals surface area contributed by atoms with Gasteiger partial charge in [0.05, 0.1) is 19.4 Å². The van der Waals surface area contributed by atoms with E-state index in [0.717, 1.165) is 55.3 Å². The topological polar surface area (TPSA) is 84.2 Å². The first kappa shape index (κ1) is 24.6. The van der Waals surface area contributed by atoms with E-state index in [9.17, 15) is 4.79 Å². The molecule has 9 heteroatoms. The van der Waals surface area contributed by atoms with E-state index in [0.29, 0.717) is 23.9 Å². The lowest BCUT2D eigenvalue weighted by atomic mass is 10.1. The minimum atomic E-state index is 0.155. The number of piperazine rings is 1. The third kappa shape index (κ3) is 5.51. The summed E-state index contributed by atoms with van der Waals surface area (Å²) in [6, 6.07) is 14.2. The average Bonchev–Trinajstić information content (AvgIpc) is 3.40. The van der Waals surface area contributed by atoms with E-state index >= 15 is 0 Å².